The van der Waals surface area contributed by atoms with Crippen molar-refractivity contribution in [2.75, 3.05) is 13.2 Å². The molecule has 2 N–H and O–H groups in total. The summed E-state index contributed by atoms with van der Waals surface area (Å²) in [5.41, 5.74) is 1.32. The topological polar surface area (TPSA) is 119 Å². The van der Waals surface area contributed by atoms with Crippen molar-refractivity contribution in [2.24, 2.45) is 0 Å². The van der Waals surface area contributed by atoms with E-state index in [2.05, 4.69) is 9.71 Å². The van der Waals surface area contributed by atoms with Gasteiger partial charge in [-0.25, -0.2) is 8.42 Å². The minimum absolute atomic E-state index is 0.119. The minimum Gasteiger partial charge on any atom is -0.483 e. The number of sulfonamides is 1. The molecule has 0 atom stereocenters. The van der Waals surface area contributed by atoms with Crippen LogP contribution in [0.25, 0.3) is 27.4 Å². The summed E-state index contributed by atoms with van der Waals surface area (Å²) in [4.78, 5) is 29.9. The van der Waals surface area contributed by atoms with Crippen molar-refractivity contribution in [3.05, 3.63) is 99.1 Å². The molecule has 9 nitrogen and oxygen atoms in total. The summed E-state index contributed by atoms with van der Waals surface area (Å²) in [5, 5.41) is -0.815. The molecule has 0 radical (unpaired) electrons. The molecule has 0 saturated heterocycles. The molecule has 5 aromatic rings. The van der Waals surface area contributed by atoms with Gasteiger partial charge in [0.25, 0.3) is 5.56 Å². The molecule has 1 amide bonds. The van der Waals surface area contributed by atoms with Gasteiger partial charge >= 0.3 is 12.4 Å². The quantitative estimate of drug-likeness (QED) is 0.150. The number of ether oxygens (including phenoxy) is 2. The third kappa shape index (κ3) is 7.14. The van der Waals surface area contributed by atoms with E-state index in [9.17, 15) is 44.3 Å². The number of alkyl halides is 6. The van der Waals surface area contributed by atoms with Crippen molar-refractivity contribution in [1.29, 1.82) is 0 Å². The van der Waals surface area contributed by atoms with Crippen molar-refractivity contribution in [3.8, 4) is 17.2 Å². The summed E-state index contributed by atoms with van der Waals surface area (Å²) in [7, 11) is -4.19. The number of carbonyl (C=O) groups excluding carboxylic acids is 1. The normalized spacial score (nSPS) is 14.5. The first-order chi connectivity index (χ1) is 23.8. The van der Waals surface area contributed by atoms with Crippen LogP contribution >= 0.6 is 0 Å². The summed E-state index contributed by atoms with van der Waals surface area (Å²) in [6.07, 6.45) is -6.14. The van der Waals surface area contributed by atoms with Gasteiger partial charge in [-0.15, -0.1) is 0 Å². The maximum absolute atomic E-state index is 13.9. The van der Waals surface area contributed by atoms with Crippen LogP contribution in [0.1, 0.15) is 40.7 Å². The highest BCUT2D eigenvalue weighted by Gasteiger charge is 2.53. The number of benzene rings is 3. The zero-order chi connectivity index (χ0) is 37.1. The molecule has 1 aliphatic carbocycles. The van der Waals surface area contributed by atoms with Gasteiger partial charge in [0.15, 0.2) is 19.0 Å². The number of rotatable bonds is 10. The maximum atomic E-state index is 13.9. The lowest BCUT2D eigenvalue weighted by molar-refractivity contribution is -0.154. The van der Waals surface area contributed by atoms with E-state index in [0.717, 1.165) is 27.5 Å². The second-order valence-corrected chi connectivity index (χ2v) is 14.4. The SMILES string of the molecule is Cc1cc(CS(=O)(=O)NC(=O)C2(c3c(C)cccc3C)CC2)ccc1-n1cc2c(OCC(F)(F)F)c3[nH]cccc3c(OCC(F)(F)F)c2c1=O. The third-order valence-corrected chi connectivity index (χ3v) is 10.00. The number of pyridine rings is 1. The Morgan fingerprint density at radius 1 is 0.882 bits per heavy atom. The average Bonchev–Trinajstić information content (AvgIpc) is 3.75. The summed E-state index contributed by atoms with van der Waals surface area (Å²) < 4.78 is 119. The van der Waals surface area contributed by atoms with E-state index in [-0.39, 0.29) is 27.5 Å². The Bertz CT molecular complexity index is 2340. The molecule has 2 aromatic heterocycles. The van der Waals surface area contributed by atoms with Crippen LogP contribution < -0.4 is 19.8 Å². The fourth-order valence-electron chi connectivity index (χ4n) is 6.61. The predicted octanol–water partition coefficient (Wildman–Crippen LogP) is 6.96. The minimum atomic E-state index is -4.81. The lowest BCUT2D eigenvalue weighted by Gasteiger charge is -2.20. The molecule has 1 fully saturated rings. The van der Waals surface area contributed by atoms with Crippen molar-refractivity contribution in [1.82, 2.24) is 14.3 Å². The molecule has 0 aliphatic heterocycles. The second kappa shape index (κ2) is 12.7. The monoisotopic (exact) mass is 735 g/mol. The van der Waals surface area contributed by atoms with Crippen LogP contribution in [0.15, 0.2) is 65.7 Å². The van der Waals surface area contributed by atoms with Gasteiger partial charge in [-0.3, -0.25) is 18.9 Å². The molecule has 6 rings (SSSR count). The number of carbonyl (C=O) groups is 1. The fourth-order valence-corrected chi connectivity index (χ4v) is 7.77. The molecular weight excluding hydrogens is 704 g/mol. The number of halogens is 6. The molecule has 0 unspecified atom stereocenters. The molecule has 1 aliphatic rings. The first kappa shape index (κ1) is 35.8. The second-order valence-electron chi connectivity index (χ2n) is 12.7. The van der Waals surface area contributed by atoms with E-state index in [1.807, 2.05) is 32.0 Å². The molecule has 16 heteroatoms. The Morgan fingerprint density at radius 3 is 2.10 bits per heavy atom. The number of hydrogen-bond acceptors (Lipinski definition) is 6. The standard InChI is InChI=1S/C35H31F6N3O6S/c1-19-6-4-7-20(2)27(19)33(11-12-33)32(46)43-51(47,48)16-22-9-10-25(21(3)14-22)44-15-24-26(31(44)45)29(49-17-34(36,37)38)23-8-5-13-42-28(23)30(24)50-18-35(39,40)41/h4-10,13-15,42H,11-12,16-18H2,1-3H3,(H,43,46). The van der Waals surface area contributed by atoms with E-state index in [0.29, 0.717) is 18.4 Å². The third-order valence-electron chi connectivity index (χ3n) is 8.79. The molecule has 0 spiro atoms. The van der Waals surface area contributed by atoms with Crippen molar-refractivity contribution >= 4 is 37.6 Å². The maximum Gasteiger partial charge on any atom is 0.422 e. The number of nitrogens with zero attached hydrogens (tertiary/aromatic N) is 1. The molecule has 0 bridgehead atoms. The Balaban J connectivity index is 1.36. The van der Waals surface area contributed by atoms with Gasteiger partial charge in [0.1, 0.15) is 5.75 Å². The zero-order valence-electron chi connectivity index (χ0n) is 27.4. The Hall–Kier alpha value is -4.99. The molecule has 2 heterocycles. The zero-order valence-corrected chi connectivity index (χ0v) is 28.2. The number of aromatic nitrogens is 2. The number of aryl methyl sites for hydroxylation is 3. The molecule has 51 heavy (non-hydrogen) atoms. The van der Waals surface area contributed by atoms with E-state index in [1.54, 1.807) is 6.92 Å². The van der Waals surface area contributed by atoms with Crippen molar-refractivity contribution < 1.29 is 49.0 Å². The van der Waals surface area contributed by atoms with Crippen LogP contribution in [0.2, 0.25) is 0 Å². The molecular formula is C35H31F6N3O6S. The number of fused-ring (bicyclic) bond motifs is 2. The van der Waals surface area contributed by atoms with Gasteiger partial charge in [0.05, 0.1) is 33.1 Å². The van der Waals surface area contributed by atoms with E-state index in [4.69, 9.17) is 9.47 Å². The highest BCUT2D eigenvalue weighted by atomic mass is 32.2. The number of H-pyrrole nitrogens is 1. The van der Waals surface area contributed by atoms with Crippen LogP contribution in [0, 0.1) is 20.8 Å². The lowest BCUT2D eigenvalue weighted by Crippen LogP contribution is -2.40. The summed E-state index contributed by atoms with van der Waals surface area (Å²) >= 11 is 0. The van der Waals surface area contributed by atoms with Gasteiger partial charge in [0.2, 0.25) is 15.9 Å². The van der Waals surface area contributed by atoms with Crippen molar-refractivity contribution in [3.63, 3.8) is 0 Å². The Labute approximate surface area is 287 Å². The van der Waals surface area contributed by atoms with Gasteiger partial charge in [-0.1, -0.05) is 30.3 Å². The smallest absolute Gasteiger partial charge is 0.422 e. The number of nitrogens with one attached hydrogen (secondary N) is 2. The van der Waals surface area contributed by atoms with Crippen LogP contribution in [-0.4, -0.2) is 49.4 Å². The van der Waals surface area contributed by atoms with Crippen LogP contribution in [0.4, 0.5) is 26.3 Å². The lowest BCUT2D eigenvalue weighted by atomic mass is 9.87. The number of hydrogen-bond donors (Lipinski definition) is 2. The van der Waals surface area contributed by atoms with Crippen LogP contribution in [0.3, 0.4) is 0 Å². The van der Waals surface area contributed by atoms with E-state index < -0.39 is 75.1 Å². The summed E-state index contributed by atoms with van der Waals surface area (Å²) in [6.45, 7) is 1.73. The van der Waals surface area contributed by atoms with Gasteiger partial charge in [0, 0.05) is 17.8 Å². The van der Waals surface area contributed by atoms with Crippen LogP contribution in [-0.2, 0) is 26.0 Å². The van der Waals surface area contributed by atoms with Gasteiger partial charge < -0.3 is 14.5 Å². The highest BCUT2D eigenvalue weighted by Crippen LogP contribution is 2.51. The van der Waals surface area contributed by atoms with Crippen molar-refractivity contribution in [2.45, 2.75) is 57.1 Å². The molecule has 270 valence electrons. The fraction of sp³-hybridized carbons (Fsp3) is 0.314. The van der Waals surface area contributed by atoms with E-state index in [1.165, 1.54) is 36.5 Å². The summed E-state index contributed by atoms with van der Waals surface area (Å²) in [6, 6.07) is 12.5. The molecule has 3 aromatic carbocycles. The molecule has 1 saturated carbocycles. The Morgan fingerprint density at radius 2 is 1.51 bits per heavy atom. The largest absolute Gasteiger partial charge is 0.483 e. The van der Waals surface area contributed by atoms with Gasteiger partial charge in [-0.05, 0) is 79.6 Å². The highest BCUT2D eigenvalue weighted by molar-refractivity contribution is 7.89. The van der Waals surface area contributed by atoms with E-state index >= 15 is 0 Å². The van der Waals surface area contributed by atoms with Crippen LogP contribution in [0.5, 0.6) is 11.5 Å². The number of aromatic amines is 1. The number of amides is 1. The predicted molar refractivity (Wildman–Crippen MR) is 177 cm³/mol. The van der Waals surface area contributed by atoms with Gasteiger partial charge in [-0.2, -0.15) is 26.3 Å². The first-order valence-corrected chi connectivity index (χ1v) is 17.2. The Kier molecular flexibility index (Phi) is 8.89. The average molecular weight is 736 g/mol. The summed E-state index contributed by atoms with van der Waals surface area (Å²) in [5.74, 6) is -2.16. The first-order valence-electron chi connectivity index (χ1n) is 15.6.